The molecule has 1 rings (SSSR count). The van der Waals surface area contributed by atoms with Crippen molar-refractivity contribution in [3.8, 4) is 0 Å². The van der Waals surface area contributed by atoms with Gasteiger partial charge in [0.05, 0.1) is 6.42 Å². The zero-order valence-electron chi connectivity index (χ0n) is 13.3. The highest BCUT2D eigenvalue weighted by Crippen LogP contribution is 2.28. The normalized spacial score (nSPS) is 21.6. The maximum absolute atomic E-state index is 12.4. The molecule has 2 unspecified atom stereocenters. The van der Waals surface area contributed by atoms with Crippen LogP contribution in [0, 0.1) is 11.3 Å². The fourth-order valence-corrected chi connectivity index (χ4v) is 3.28. The van der Waals surface area contributed by atoms with Crippen LogP contribution in [0.2, 0.25) is 0 Å². The van der Waals surface area contributed by atoms with E-state index in [4.69, 9.17) is 5.11 Å². The van der Waals surface area contributed by atoms with Gasteiger partial charge in [-0.15, -0.1) is 0 Å². The SMILES string of the molecule is CC(CC(=O)N1CCCCC1CC(=O)O)CC(C)(C)C. The Bertz CT molecular complexity index is 346. The second-order valence-electron chi connectivity index (χ2n) is 7.41. The fraction of sp³-hybridized carbons (Fsp3) is 0.875. The lowest BCUT2D eigenvalue weighted by Crippen LogP contribution is -2.45. The average Bonchev–Trinajstić information content (AvgIpc) is 2.25. The molecule has 1 aliphatic heterocycles. The third-order valence-corrected chi connectivity index (χ3v) is 3.84. The van der Waals surface area contributed by atoms with E-state index in [1.807, 2.05) is 4.90 Å². The zero-order valence-corrected chi connectivity index (χ0v) is 13.3. The lowest BCUT2D eigenvalue weighted by Gasteiger charge is -2.36. The Morgan fingerprint density at radius 3 is 2.50 bits per heavy atom. The van der Waals surface area contributed by atoms with Crippen molar-refractivity contribution in [1.29, 1.82) is 0 Å². The highest BCUT2D eigenvalue weighted by atomic mass is 16.4. The molecule has 0 saturated carbocycles. The van der Waals surface area contributed by atoms with Crippen molar-refractivity contribution in [3.63, 3.8) is 0 Å². The van der Waals surface area contributed by atoms with Crippen LogP contribution in [0.5, 0.6) is 0 Å². The van der Waals surface area contributed by atoms with Gasteiger partial charge in [-0.1, -0.05) is 27.7 Å². The van der Waals surface area contributed by atoms with Gasteiger partial charge in [0, 0.05) is 19.0 Å². The Morgan fingerprint density at radius 1 is 1.30 bits per heavy atom. The first-order valence-corrected chi connectivity index (χ1v) is 7.70. The van der Waals surface area contributed by atoms with Gasteiger partial charge in [0.25, 0.3) is 0 Å². The predicted molar refractivity (Wildman–Crippen MR) is 79.5 cm³/mol. The monoisotopic (exact) mass is 283 g/mol. The summed E-state index contributed by atoms with van der Waals surface area (Å²) < 4.78 is 0. The quantitative estimate of drug-likeness (QED) is 0.842. The number of amides is 1. The van der Waals surface area contributed by atoms with Crippen LogP contribution in [0.1, 0.15) is 66.2 Å². The molecule has 4 nitrogen and oxygen atoms in total. The van der Waals surface area contributed by atoms with Crippen LogP contribution in [0.25, 0.3) is 0 Å². The van der Waals surface area contributed by atoms with Gasteiger partial charge in [-0.25, -0.2) is 0 Å². The van der Waals surface area contributed by atoms with Crippen molar-refractivity contribution in [2.24, 2.45) is 11.3 Å². The molecule has 0 spiro atoms. The maximum Gasteiger partial charge on any atom is 0.305 e. The average molecular weight is 283 g/mol. The third-order valence-electron chi connectivity index (χ3n) is 3.84. The number of aliphatic carboxylic acids is 1. The highest BCUT2D eigenvalue weighted by Gasteiger charge is 2.29. The first kappa shape index (κ1) is 17.0. The van der Waals surface area contributed by atoms with Crippen LogP contribution in [-0.2, 0) is 9.59 Å². The first-order valence-electron chi connectivity index (χ1n) is 7.70. The second kappa shape index (κ2) is 7.09. The molecule has 0 aromatic heterocycles. The molecule has 1 N–H and O–H groups in total. The fourth-order valence-electron chi connectivity index (χ4n) is 3.28. The number of hydrogen-bond acceptors (Lipinski definition) is 2. The molecule has 0 aromatic rings. The van der Waals surface area contributed by atoms with E-state index in [-0.39, 0.29) is 23.8 Å². The number of rotatable bonds is 5. The summed E-state index contributed by atoms with van der Waals surface area (Å²) >= 11 is 0. The van der Waals surface area contributed by atoms with E-state index in [9.17, 15) is 9.59 Å². The van der Waals surface area contributed by atoms with E-state index < -0.39 is 5.97 Å². The molecule has 1 amide bonds. The number of carbonyl (C=O) groups excluding carboxylic acids is 1. The minimum Gasteiger partial charge on any atom is -0.481 e. The van der Waals surface area contributed by atoms with E-state index in [1.165, 1.54) is 0 Å². The van der Waals surface area contributed by atoms with Gasteiger partial charge >= 0.3 is 5.97 Å². The van der Waals surface area contributed by atoms with Crippen LogP contribution in [0.15, 0.2) is 0 Å². The second-order valence-corrected chi connectivity index (χ2v) is 7.41. The predicted octanol–water partition coefficient (Wildman–Crippen LogP) is 3.30. The van der Waals surface area contributed by atoms with Crippen molar-refractivity contribution in [2.45, 2.75) is 72.3 Å². The summed E-state index contributed by atoms with van der Waals surface area (Å²) in [5.41, 5.74) is 0.224. The molecule has 0 bridgehead atoms. The maximum atomic E-state index is 12.4. The molecule has 1 saturated heterocycles. The summed E-state index contributed by atoms with van der Waals surface area (Å²) in [4.78, 5) is 25.1. The number of nitrogens with zero attached hydrogens (tertiary/aromatic N) is 1. The molecular formula is C16H29NO3. The van der Waals surface area contributed by atoms with E-state index in [0.717, 1.165) is 32.2 Å². The summed E-state index contributed by atoms with van der Waals surface area (Å²) in [5.74, 6) is -0.333. The summed E-state index contributed by atoms with van der Waals surface area (Å²) in [7, 11) is 0. The van der Waals surface area contributed by atoms with Gasteiger partial charge in [0.15, 0.2) is 0 Å². The van der Waals surface area contributed by atoms with Gasteiger partial charge in [-0.3, -0.25) is 9.59 Å². The lowest BCUT2D eigenvalue weighted by atomic mass is 9.84. The van der Waals surface area contributed by atoms with E-state index in [2.05, 4.69) is 27.7 Å². The van der Waals surface area contributed by atoms with Gasteiger partial charge in [0.1, 0.15) is 0 Å². The molecule has 20 heavy (non-hydrogen) atoms. The summed E-state index contributed by atoms with van der Waals surface area (Å²) in [6.45, 7) is 9.38. The van der Waals surface area contributed by atoms with E-state index in [0.29, 0.717) is 12.3 Å². The number of likely N-dealkylation sites (tertiary alicyclic amines) is 1. The van der Waals surface area contributed by atoms with Gasteiger partial charge in [-0.2, -0.15) is 0 Å². The Kier molecular flexibility index (Phi) is 6.03. The van der Waals surface area contributed by atoms with E-state index in [1.54, 1.807) is 0 Å². The van der Waals surface area contributed by atoms with Gasteiger partial charge < -0.3 is 10.0 Å². The molecule has 1 fully saturated rings. The Hall–Kier alpha value is -1.06. The van der Waals surface area contributed by atoms with Crippen LogP contribution in [0.3, 0.4) is 0 Å². The molecule has 4 heteroatoms. The van der Waals surface area contributed by atoms with Crippen molar-refractivity contribution in [3.05, 3.63) is 0 Å². The summed E-state index contributed by atoms with van der Waals surface area (Å²) in [6.07, 6.45) is 4.48. The minimum absolute atomic E-state index is 0.0827. The van der Waals surface area contributed by atoms with Crippen molar-refractivity contribution in [1.82, 2.24) is 4.90 Å². The van der Waals surface area contributed by atoms with E-state index >= 15 is 0 Å². The number of carboxylic acids is 1. The number of carboxylic acid groups (broad SMARTS) is 1. The Balaban J connectivity index is 2.57. The third kappa shape index (κ3) is 5.93. The molecule has 0 aliphatic carbocycles. The van der Waals surface area contributed by atoms with Crippen molar-refractivity contribution >= 4 is 11.9 Å². The molecule has 0 aromatic carbocycles. The van der Waals surface area contributed by atoms with Crippen molar-refractivity contribution < 1.29 is 14.7 Å². The van der Waals surface area contributed by atoms with Crippen LogP contribution in [-0.4, -0.2) is 34.5 Å². The molecular weight excluding hydrogens is 254 g/mol. The molecule has 1 aliphatic rings. The molecule has 116 valence electrons. The van der Waals surface area contributed by atoms with Crippen molar-refractivity contribution in [2.75, 3.05) is 6.54 Å². The smallest absolute Gasteiger partial charge is 0.305 e. The number of carbonyl (C=O) groups is 2. The molecule has 2 atom stereocenters. The topological polar surface area (TPSA) is 57.6 Å². The van der Waals surface area contributed by atoms with Gasteiger partial charge in [-0.05, 0) is 37.0 Å². The number of hydrogen-bond donors (Lipinski definition) is 1. The van der Waals surface area contributed by atoms with Crippen LogP contribution >= 0.6 is 0 Å². The zero-order chi connectivity index (χ0) is 15.3. The molecule has 1 heterocycles. The Labute approximate surface area is 122 Å². The highest BCUT2D eigenvalue weighted by molar-refractivity contribution is 5.78. The lowest BCUT2D eigenvalue weighted by molar-refractivity contribution is -0.142. The largest absolute Gasteiger partial charge is 0.481 e. The minimum atomic E-state index is -0.808. The Morgan fingerprint density at radius 2 is 1.95 bits per heavy atom. The standard InChI is InChI=1S/C16H29NO3/c1-12(11-16(2,3)4)9-14(18)17-8-6-5-7-13(17)10-15(19)20/h12-13H,5-11H2,1-4H3,(H,19,20). The summed E-state index contributed by atoms with van der Waals surface area (Å²) in [5, 5.41) is 8.96. The first-order chi connectivity index (χ1) is 9.19. The van der Waals surface area contributed by atoms with Gasteiger partial charge in [0.2, 0.25) is 5.91 Å². The van der Waals surface area contributed by atoms with Crippen LogP contribution in [0.4, 0.5) is 0 Å². The summed E-state index contributed by atoms with van der Waals surface area (Å²) in [6, 6.07) is -0.101. The van der Waals surface area contributed by atoms with Crippen LogP contribution < -0.4 is 0 Å². The molecule has 0 radical (unpaired) electrons. The number of piperidine rings is 1.